The second-order valence-corrected chi connectivity index (χ2v) is 10.7. The number of rotatable bonds is 6. The molecule has 0 saturated heterocycles. The van der Waals surface area contributed by atoms with Gasteiger partial charge in [0, 0.05) is 10.9 Å². The van der Waals surface area contributed by atoms with Gasteiger partial charge in [-0.05, 0) is 57.0 Å². The monoisotopic (exact) mass is 428 g/mol. The van der Waals surface area contributed by atoms with E-state index in [1.807, 2.05) is 19.2 Å². The quantitative estimate of drug-likeness (QED) is 0.612. The smallest absolute Gasteiger partial charge is 0.230 e. The molecule has 0 saturated carbocycles. The Morgan fingerprint density at radius 1 is 1.10 bits per heavy atom. The molecule has 0 spiro atoms. The summed E-state index contributed by atoms with van der Waals surface area (Å²) in [5, 5.41) is 4.83. The number of nitrogens with zero attached hydrogens (tertiary/aromatic N) is 1. The van der Waals surface area contributed by atoms with Crippen LogP contribution in [0.25, 0.3) is 11.3 Å². The Morgan fingerprint density at radius 3 is 2.45 bits per heavy atom. The summed E-state index contributed by atoms with van der Waals surface area (Å²) in [5.74, 6) is -0.189. The maximum Gasteiger partial charge on any atom is 0.230 e. The molecule has 0 fully saturated rings. The van der Waals surface area contributed by atoms with Crippen LogP contribution in [-0.4, -0.2) is 24.6 Å². The van der Waals surface area contributed by atoms with E-state index in [9.17, 15) is 13.2 Å². The number of carbonyl (C=O) groups is 1. The topological polar surface area (TPSA) is 76.1 Å². The lowest BCUT2D eigenvalue weighted by Crippen LogP contribution is -2.15. The number of hydrogen-bond donors (Lipinski definition) is 1. The van der Waals surface area contributed by atoms with Crippen molar-refractivity contribution in [3.8, 4) is 11.3 Å². The standard InChI is InChI=1S/C22H24N2O3S2/c1-14(2)29(26,27)18-9-7-17(8-10-18)12-21(25)24-22-23-20(13-28-22)19-11-15(3)5-6-16(19)4/h5-11,13-14H,12H2,1-4H3,(H,23,24,25). The van der Waals surface area contributed by atoms with Crippen LogP contribution in [0.1, 0.15) is 30.5 Å². The number of sulfone groups is 1. The number of aryl methyl sites for hydroxylation is 2. The minimum atomic E-state index is -3.31. The van der Waals surface area contributed by atoms with Gasteiger partial charge >= 0.3 is 0 Å². The number of anilines is 1. The van der Waals surface area contributed by atoms with Gasteiger partial charge in [-0.15, -0.1) is 11.3 Å². The SMILES string of the molecule is Cc1ccc(C)c(-c2csc(NC(=O)Cc3ccc(S(=O)(=O)C(C)C)cc3)n2)c1. The summed E-state index contributed by atoms with van der Waals surface area (Å²) in [6.45, 7) is 7.37. The number of carbonyl (C=O) groups excluding carboxylic acids is 1. The largest absolute Gasteiger partial charge is 0.302 e. The summed E-state index contributed by atoms with van der Waals surface area (Å²) in [6.07, 6.45) is 0.153. The lowest BCUT2D eigenvalue weighted by atomic mass is 10.0. The van der Waals surface area contributed by atoms with E-state index in [4.69, 9.17) is 0 Å². The van der Waals surface area contributed by atoms with Gasteiger partial charge in [-0.2, -0.15) is 0 Å². The minimum absolute atomic E-state index is 0.153. The number of hydrogen-bond acceptors (Lipinski definition) is 5. The van der Waals surface area contributed by atoms with Gasteiger partial charge in [0.25, 0.3) is 0 Å². The zero-order valence-electron chi connectivity index (χ0n) is 16.9. The van der Waals surface area contributed by atoms with Gasteiger partial charge in [-0.25, -0.2) is 13.4 Å². The Labute approximate surface area is 175 Å². The molecule has 1 amide bonds. The lowest BCUT2D eigenvalue weighted by Gasteiger charge is -2.08. The van der Waals surface area contributed by atoms with Crippen LogP contribution >= 0.6 is 11.3 Å². The van der Waals surface area contributed by atoms with E-state index >= 15 is 0 Å². The summed E-state index contributed by atoms with van der Waals surface area (Å²) in [7, 11) is -3.31. The third-order valence-electron chi connectivity index (χ3n) is 4.66. The Balaban J connectivity index is 1.67. The zero-order valence-corrected chi connectivity index (χ0v) is 18.5. The van der Waals surface area contributed by atoms with E-state index in [2.05, 4.69) is 28.5 Å². The minimum Gasteiger partial charge on any atom is -0.302 e. The van der Waals surface area contributed by atoms with E-state index in [0.29, 0.717) is 5.13 Å². The second kappa shape index (κ2) is 8.47. The summed E-state index contributed by atoms with van der Waals surface area (Å²) in [6, 6.07) is 12.7. The Hall–Kier alpha value is -2.51. The average Bonchev–Trinajstić information content (AvgIpc) is 3.12. The van der Waals surface area contributed by atoms with Gasteiger partial charge in [0.1, 0.15) is 0 Å². The predicted octanol–water partition coefficient (Wildman–Crippen LogP) is 4.79. The van der Waals surface area contributed by atoms with Crippen molar-refractivity contribution in [2.24, 2.45) is 0 Å². The Bertz CT molecular complexity index is 1130. The number of amides is 1. The lowest BCUT2D eigenvalue weighted by molar-refractivity contribution is -0.115. The first kappa shape index (κ1) is 21.2. The summed E-state index contributed by atoms with van der Waals surface area (Å²) in [5.41, 5.74) is 4.94. The summed E-state index contributed by atoms with van der Waals surface area (Å²) in [4.78, 5) is 17.2. The molecule has 1 N–H and O–H groups in total. The van der Waals surface area contributed by atoms with Crippen LogP contribution in [0.3, 0.4) is 0 Å². The molecule has 3 rings (SSSR count). The van der Waals surface area contributed by atoms with Gasteiger partial charge < -0.3 is 5.32 Å². The fourth-order valence-electron chi connectivity index (χ4n) is 2.88. The van der Waals surface area contributed by atoms with Gasteiger partial charge in [0.05, 0.1) is 22.3 Å². The van der Waals surface area contributed by atoms with Gasteiger partial charge in [-0.3, -0.25) is 4.79 Å². The molecule has 0 aliphatic carbocycles. The highest BCUT2D eigenvalue weighted by Gasteiger charge is 2.19. The maximum atomic E-state index is 12.4. The van der Waals surface area contributed by atoms with E-state index < -0.39 is 15.1 Å². The fourth-order valence-corrected chi connectivity index (χ4v) is 4.67. The first-order valence-electron chi connectivity index (χ1n) is 9.32. The molecule has 7 heteroatoms. The third-order valence-corrected chi connectivity index (χ3v) is 7.58. The number of benzene rings is 2. The van der Waals surface area contributed by atoms with E-state index in [1.165, 1.54) is 11.3 Å². The van der Waals surface area contributed by atoms with Crippen LogP contribution in [-0.2, 0) is 21.1 Å². The predicted molar refractivity (Wildman–Crippen MR) is 118 cm³/mol. The molecule has 0 aliphatic rings. The molecule has 29 heavy (non-hydrogen) atoms. The molecule has 0 bridgehead atoms. The normalized spacial score (nSPS) is 11.6. The first-order valence-corrected chi connectivity index (χ1v) is 11.8. The Morgan fingerprint density at radius 2 is 1.79 bits per heavy atom. The molecule has 0 unspecified atom stereocenters. The number of nitrogens with one attached hydrogen (secondary N) is 1. The highest BCUT2D eigenvalue weighted by atomic mass is 32.2. The number of thiazole rings is 1. The van der Waals surface area contributed by atoms with Crippen LogP contribution in [0, 0.1) is 13.8 Å². The van der Waals surface area contributed by atoms with Gasteiger partial charge in [0.2, 0.25) is 5.91 Å². The third kappa shape index (κ3) is 4.92. The van der Waals surface area contributed by atoms with Crippen molar-refractivity contribution in [3.05, 3.63) is 64.5 Å². The van der Waals surface area contributed by atoms with Crippen molar-refractivity contribution in [2.75, 3.05) is 5.32 Å². The van der Waals surface area contributed by atoms with Crippen LogP contribution < -0.4 is 5.32 Å². The van der Waals surface area contributed by atoms with Crippen LogP contribution in [0.5, 0.6) is 0 Å². The summed E-state index contributed by atoms with van der Waals surface area (Å²) >= 11 is 1.38. The molecule has 1 heterocycles. The molecule has 0 aliphatic heterocycles. The highest BCUT2D eigenvalue weighted by Crippen LogP contribution is 2.28. The maximum absolute atomic E-state index is 12.4. The van der Waals surface area contributed by atoms with Crippen molar-refractivity contribution >= 4 is 32.2 Å². The van der Waals surface area contributed by atoms with E-state index in [0.717, 1.165) is 27.9 Å². The molecule has 1 aromatic heterocycles. The van der Waals surface area contributed by atoms with Gasteiger partial charge in [-0.1, -0.05) is 29.8 Å². The van der Waals surface area contributed by atoms with E-state index in [-0.39, 0.29) is 17.2 Å². The highest BCUT2D eigenvalue weighted by molar-refractivity contribution is 7.92. The molecule has 0 atom stereocenters. The van der Waals surface area contributed by atoms with Crippen LogP contribution in [0.2, 0.25) is 0 Å². The Kier molecular flexibility index (Phi) is 6.19. The van der Waals surface area contributed by atoms with Crippen LogP contribution in [0.15, 0.2) is 52.7 Å². The molecule has 5 nitrogen and oxygen atoms in total. The van der Waals surface area contributed by atoms with Crippen molar-refractivity contribution in [1.82, 2.24) is 4.98 Å². The van der Waals surface area contributed by atoms with Crippen molar-refractivity contribution in [3.63, 3.8) is 0 Å². The molecule has 0 radical (unpaired) electrons. The molecular weight excluding hydrogens is 404 g/mol. The summed E-state index contributed by atoms with van der Waals surface area (Å²) < 4.78 is 24.4. The molecule has 2 aromatic carbocycles. The number of aromatic nitrogens is 1. The van der Waals surface area contributed by atoms with Crippen molar-refractivity contribution in [1.29, 1.82) is 0 Å². The first-order chi connectivity index (χ1) is 13.7. The zero-order chi connectivity index (χ0) is 21.2. The second-order valence-electron chi connectivity index (χ2n) is 7.32. The molecule has 152 valence electrons. The van der Waals surface area contributed by atoms with E-state index in [1.54, 1.807) is 38.1 Å². The molecular formula is C22H24N2O3S2. The average molecular weight is 429 g/mol. The fraction of sp³-hybridized carbons (Fsp3) is 0.273. The van der Waals surface area contributed by atoms with Crippen molar-refractivity contribution < 1.29 is 13.2 Å². The van der Waals surface area contributed by atoms with Crippen molar-refractivity contribution in [2.45, 2.75) is 44.3 Å². The van der Waals surface area contributed by atoms with Gasteiger partial charge in [0.15, 0.2) is 15.0 Å². The van der Waals surface area contributed by atoms with Crippen LogP contribution in [0.4, 0.5) is 5.13 Å². The molecule has 3 aromatic rings.